The second-order valence-electron chi connectivity index (χ2n) is 4.62. The van der Waals surface area contributed by atoms with Crippen LogP contribution in [0.3, 0.4) is 0 Å². The molecule has 3 rings (SSSR count). The highest BCUT2D eigenvalue weighted by atomic mass is 32.1. The van der Waals surface area contributed by atoms with Gasteiger partial charge in [-0.3, -0.25) is 0 Å². The summed E-state index contributed by atoms with van der Waals surface area (Å²) in [6.45, 7) is 2.11. The lowest BCUT2D eigenvalue weighted by molar-refractivity contribution is 0.331. The van der Waals surface area contributed by atoms with Gasteiger partial charge in [-0.05, 0) is 18.2 Å². The van der Waals surface area contributed by atoms with Gasteiger partial charge in [0.25, 0.3) is 0 Å². The Kier molecular flexibility index (Phi) is 3.52. The molecule has 2 aromatic rings. The molecular weight excluding hydrogens is 270 g/mol. The molecule has 0 aliphatic carbocycles. The highest BCUT2D eigenvalue weighted by Crippen LogP contribution is 2.26. The third-order valence-corrected chi connectivity index (χ3v) is 3.52. The van der Waals surface area contributed by atoms with Gasteiger partial charge in [-0.1, -0.05) is 30.4 Å². The summed E-state index contributed by atoms with van der Waals surface area (Å²) in [6.07, 6.45) is 1.76. The number of thiocarbonyl (C=S) groups is 1. The van der Waals surface area contributed by atoms with Crippen LogP contribution in [0.15, 0.2) is 42.6 Å². The summed E-state index contributed by atoms with van der Waals surface area (Å²) < 4.78 is 5.77. The number of anilines is 1. The van der Waals surface area contributed by atoms with Crippen molar-refractivity contribution >= 4 is 23.0 Å². The Morgan fingerprint density at radius 1 is 1.25 bits per heavy atom. The largest absolute Gasteiger partial charge is 0.491 e. The molecule has 0 atom stereocenters. The summed E-state index contributed by atoms with van der Waals surface area (Å²) in [6, 6.07) is 11.8. The number of ether oxygens (including phenoxy) is 1. The first kappa shape index (κ1) is 12.9. The zero-order valence-electron chi connectivity index (χ0n) is 11.0. The Morgan fingerprint density at radius 3 is 2.95 bits per heavy atom. The lowest BCUT2D eigenvalue weighted by Gasteiger charge is -2.23. The van der Waals surface area contributed by atoms with Gasteiger partial charge < -0.3 is 15.4 Å². The summed E-state index contributed by atoms with van der Waals surface area (Å²) in [5.74, 6) is 1.75. The average Bonchev–Trinajstić information content (AvgIpc) is 2.69. The summed E-state index contributed by atoms with van der Waals surface area (Å²) in [4.78, 5) is 6.96. The highest BCUT2D eigenvalue weighted by Gasteiger charge is 2.19. The molecule has 0 amide bonds. The van der Waals surface area contributed by atoms with Crippen molar-refractivity contribution in [3.63, 3.8) is 0 Å². The van der Waals surface area contributed by atoms with Gasteiger partial charge in [-0.2, -0.15) is 0 Å². The molecule has 0 unspecified atom stereocenters. The second-order valence-corrected chi connectivity index (χ2v) is 5.06. The van der Waals surface area contributed by atoms with E-state index in [9.17, 15) is 0 Å². The number of hydrogen-bond acceptors (Lipinski definition) is 4. The number of fused-ring (bicyclic) bond motifs is 1. The molecule has 1 aliphatic rings. The zero-order chi connectivity index (χ0) is 13.9. The van der Waals surface area contributed by atoms with Gasteiger partial charge in [0.15, 0.2) is 0 Å². The Balaban J connectivity index is 1.98. The number of aromatic nitrogens is 1. The monoisotopic (exact) mass is 285 g/mol. The van der Waals surface area contributed by atoms with Gasteiger partial charge in [-0.25, -0.2) is 4.98 Å². The van der Waals surface area contributed by atoms with Crippen molar-refractivity contribution in [1.82, 2.24) is 4.98 Å². The minimum Gasteiger partial charge on any atom is -0.491 e. The van der Waals surface area contributed by atoms with Crippen LogP contribution in [0.2, 0.25) is 0 Å². The number of nitrogens with zero attached hydrogens (tertiary/aromatic N) is 2. The molecule has 0 spiro atoms. The first-order chi connectivity index (χ1) is 9.75. The SMILES string of the molecule is NC(=S)c1cccnc1N1CCOc2ccccc2C1. The fourth-order valence-electron chi connectivity index (χ4n) is 2.35. The first-order valence-corrected chi connectivity index (χ1v) is 6.87. The summed E-state index contributed by atoms with van der Waals surface area (Å²) in [5.41, 5.74) is 7.74. The van der Waals surface area contributed by atoms with Crippen LogP contribution in [-0.4, -0.2) is 23.1 Å². The topological polar surface area (TPSA) is 51.4 Å². The van der Waals surface area contributed by atoms with Crippen LogP contribution < -0.4 is 15.4 Å². The predicted molar refractivity (Wildman–Crippen MR) is 83.1 cm³/mol. The Hall–Kier alpha value is -2.14. The third kappa shape index (κ3) is 2.44. The van der Waals surface area contributed by atoms with Crippen molar-refractivity contribution in [1.29, 1.82) is 0 Å². The molecule has 5 heteroatoms. The predicted octanol–water partition coefficient (Wildman–Crippen LogP) is 2.11. The molecule has 0 saturated heterocycles. The summed E-state index contributed by atoms with van der Waals surface area (Å²) in [7, 11) is 0. The standard InChI is InChI=1S/C15H15N3OS/c16-14(20)12-5-3-7-17-15(12)18-8-9-19-13-6-2-1-4-11(13)10-18/h1-7H,8-10H2,(H2,16,20). The van der Waals surface area contributed by atoms with E-state index in [0.29, 0.717) is 11.6 Å². The average molecular weight is 285 g/mol. The first-order valence-electron chi connectivity index (χ1n) is 6.46. The van der Waals surface area contributed by atoms with E-state index in [1.54, 1.807) is 6.20 Å². The molecule has 2 heterocycles. The Morgan fingerprint density at radius 2 is 2.10 bits per heavy atom. The smallest absolute Gasteiger partial charge is 0.139 e. The van der Waals surface area contributed by atoms with Crippen molar-refractivity contribution in [3.8, 4) is 5.75 Å². The summed E-state index contributed by atoms with van der Waals surface area (Å²) in [5, 5.41) is 0. The van der Waals surface area contributed by atoms with Gasteiger partial charge in [0.1, 0.15) is 23.2 Å². The molecule has 0 radical (unpaired) electrons. The molecule has 20 heavy (non-hydrogen) atoms. The maximum Gasteiger partial charge on any atom is 0.139 e. The number of nitrogens with two attached hydrogens (primary N) is 1. The van der Waals surface area contributed by atoms with Crippen LogP contribution in [0.1, 0.15) is 11.1 Å². The second kappa shape index (κ2) is 5.46. The molecule has 1 aromatic carbocycles. The number of para-hydroxylation sites is 1. The van der Waals surface area contributed by atoms with Crippen LogP contribution in [0.4, 0.5) is 5.82 Å². The van der Waals surface area contributed by atoms with Gasteiger partial charge >= 0.3 is 0 Å². The molecule has 0 fully saturated rings. The fourth-order valence-corrected chi connectivity index (χ4v) is 2.51. The number of benzene rings is 1. The van der Waals surface area contributed by atoms with E-state index in [2.05, 4.69) is 16.0 Å². The van der Waals surface area contributed by atoms with Crippen molar-refractivity contribution < 1.29 is 4.74 Å². The van der Waals surface area contributed by atoms with Gasteiger partial charge in [0.05, 0.1) is 12.1 Å². The minimum absolute atomic E-state index is 0.367. The van der Waals surface area contributed by atoms with Crippen molar-refractivity contribution in [2.24, 2.45) is 5.73 Å². The van der Waals surface area contributed by atoms with Crippen LogP contribution in [0.25, 0.3) is 0 Å². The number of rotatable bonds is 2. The van der Waals surface area contributed by atoms with E-state index in [1.807, 2.05) is 30.3 Å². The van der Waals surface area contributed by atoms with E-state index in [0.717, 1.165) is 35.8 Å². The molecule has 2 N–H and O–H groups in total. The van der Waals surface area contributed by atoms with Crippen molar-refractivity contribution in [2.45, 2.75) is 6.54 Å². The maximum absolute atomic E-state index is 5.79. The van der Waals surface area contributed by atoms with Gasteiger partial charge in [-0.15, -0.1) is 0 Å². The molecule has 4 nitrogen and oxygen atoms in total. The molecule has 1 aliphatic heterocycles. The normalized spacial score (nSPS) is 14.1. The number of pyridine rings is 1. The van der Waals surface area contributed by atoms with Gasteiger partial charge in [0.2, 0.25) is 0 Å². The van der Waals surface area contributed by atoms with Crippen molar-refractivity contribution in [2.75, 3.05) is 18.1 Å². The van der Waals surface area contributed by atoms with E-state index in [-0.39, 0.29) is 0 Å². The fraction of sp³-hybridized carbons (Fsp3) is 0.200. The van der Waals surface area contributed by atoms with E-state index < -0.39 is 0 Å². The summed E-state index contributed by atoms with van der Waals surface area (Å²) >= 11 is 5.11. The van der Waals surface area contributed by atoms with E-state index in [4.69, 9.17) is 22.7 Å². The maximum atomic E-state index is 5.79. The molecule has 102 valence electrons. The van der Waals surface area contributed by atoms with Crippen LogP contribution in [-0.2, 0) is 6.54 Å². The quantitative estimate of drug-likeness (QED) is 0.857. The zero-order valence-corrected chi connectivity index (χ0v) is 11.8. The highest BCUT2D eigenvalue weighted by molar-refractivity contribution is 7.80. The van der Waals surface area contributed by atoms with Crippen LogP contribution in [0.5, 0.6) is 5.75 Å². The lowest BCUT2D eigenvalue weighted by atomic mass is 10.1. The molecular formula is C15H15N3OS. The van der Waals surface area contributed by atoms with Crippen LogP contribution in [0, 0.1) is 0 Å². The Labute approximate surface area is 123 Å². The van der Waals surface area contributed by atoms with Gasteiger partial charge in [0, 0.05) is 18.3 Å². The van der Waals surface area contributed by atoms with E-state index in [1.165, 1.54) is 0 Å². The van der Waals surface area contributed by atoms with E-state index >= 15 is 0 Å². The Bertz CT molecular complexity index is 645. The van der Waals surface area contributed by atoms with Crippen LogP contribution >= 0.6 is 12.2 Å². The molecule has 0 bridgehead atoms. The number of hydrogen-bond donors (Lipinski definition) is 1. The third-order valence-electron chi connectivity index (χ3n) is 3.30. The lowest BCUT2D eigenvalue weighted by Crippen LogP contribution is -2.28. The molecule has 0 saturated carbocycles. The molecule has 1 aromatic heterocycles. The minimum atomic E-state index is 0.367. The van der Waals surface area contributed by atoms with Crippen molar-refractivity contribution in [3.05, 3.63) is 53.7 Å².